The van der Waals surface area contributed by atoms with E-state index in [4.69, 9.17) is 16.3 Å². The van der Waals surface area contributed by atoms with Crippen molar-refractivity contribution in [2.24, 2.45) is 0 Å². The smallest absolute Gasteiger partial charge is 0.138 e. The van der Waals surface area contributed by atoms with E-state index < -0.39 is 6.10 Å². The van der Waals surface area contributed by atoms with Crippen LogP contribution < -0.4 is 10.1 Å². The van der Waals surface area contributed by atoms with Gasteiger partial charge in [0.2, 0.25) is 0 Å². The molecule has 0 aromatic heterocycles. The number of thioether (sulfide) groups is 1. The minimum Gasteiger partial charge on any atom is -0.487 e. The second-order valence-corrected chi connectivity index (χ2v) is 5.52. The fraction of sp³-hybridized carbons (Fsp3) is 0.500. The molecule has 1 atom stereocenters. The molecule has 5 heteroatoms. The summed E-state index contributed by atoms with van der Waals surface area (Å²) in [6, 6.07) is 5.46. The lowest BCUT2D eigenvalue weighted by atomic mass is 10.1. The van der Waals surface area contributed by atoms with Gasteiger partial charge in [0.25, 0.3) is 0 Å². The minimum atomic E-state index is -0.536. The highest BCUT2D eigenvalue weighted by molar-refractivity contribution is 8.00. The Hall–Kier alpha value is -0.420. The second kappa shape index (κ2) is 5.96. The highest BCUT2D eigenvalue weighted by atomic mass is 35.5. The van der Waals surface area contributed by atoms with Gasteiger partial charge < -0.3 is 15.2 Å². The fourth-order valence-corrected chi connectivity index (χ4v) is 2.39. The van der Waals surface area contributed by atoms with E-state index in [1.54, 1.807) is 13.1 Å². The average Bonchev–Trinajstić information content (AvgIpc) is 2.25. The number of likely N-dealkylation sites (N-methyl/N-ethyl adjacent to an activating group) is 1. The van der Waals surface area contributed by atoms with Crippen molar-refractivity contribution >= 4 is 23.4 Å². The second-order valence-electron chi connectivity index (χ2n) is 4.04. The van der Waals surface area contributed by atoms with E-state index in [2.05, 4.69) is 5.32 Å². The summed E-state index contributed by atoms with van der Waals surface area (Å²) in [5.41, 5.74) is 0.805. The Bertz CT molecular complexity index is 385. The molecular formula is C12H16ClNO2S. The third kappa shape index (κ3) is 3.28. The van der Waals surface area contributed by atoms with E-state index in [9.17, 15) is 5.11 Å². The summed E-state index contributed by atoms with van der Waals surface area (Å²) in [6.07, 6.45) is -0.253. The molecule has 3 nitrogen and oxygen atoms in total. The van der Waals surface area contributed by atoms with E-state index in [1.807, 2.05) is 23.9 Å². The lowest BCUT2D eigenvalue weighted by Crippen LogP contribution is -2.31. The third-order valence-corrected chi connectivity index (χ3v) is 4.15. The van der Waals surface area contributed by atoms with Crippen molar-refractivity contribution in [3.8, 4) is 5.75 Å². The van der Waals surface area contributed by atoms with Gasteiger partial charge in [0.15, 0.2) is 0 Å². The number of rotatable bonds is 5. The minimum absolute atomic E-state index is 0.283. The van der Waals surface area contributed by atoms with Crippen LogP contribution in [0.15, 0.2) is 18.2 Å². The van der Waals surface area contributed by atoms with Crippen LogP contribution in [-0.2, 0) is 0 Å². The molecule has 17 heavy (non-hydrogen) atoms. The number of benzene rings is 1. The Morgan fingerprint density at radius 1 is 1.59 bits per heavy atom. The van der Waals surface area contributed by atoms with Crippen LogP contribution in [0.4, 0.5) is 0 Å². The van der Waals surface area contributed by atoms with Crippen LogP contribution in [0.2, 0.25) is 5.02 Å². The van der Waals surface area contributed by atoms with Gasteiger partial charge in [0.1, 0.15) is 11.9 Å². The van der Waals surface area contributed by atoms with Crippen LogP contribution in [0.5, 0.6) is 5.75 Å². The van der Waals surface area contributed by atoms with E-state index in [0.29, 0.717) is 17.3 Å². The summed E-state index contributed by atoms with van der Waals surface area (Å²) < 4.78 is 5.73. The van der Waals surface area contributed by atoms with Gasteiger partial charge >= 0.3 is 0 Å². The number of ether oxygens (including phenoxy) is 1. The molecule has 1 saturated heterocycles. The zero-order valence-electron chi connectivity index (χ0n) is 9.65. The standard InChI is InChI=1S/C12H16ClNO2S/c1-14-5-11(15)8-2-3-12(10(13)4-8)16-9-6-17-7-9/h2-4,9,11,14-15H,5-7H2,1H3. The maximum atomic E-state index is 9.81. The Morgan fingerprint density at radius 2 is 2.35 bits per heavy atom. The van der Waals surface area contributed by atoms with Gasteiger partial charge in [-0.2, -0.15) is 11.8 Å². The van der Waals surface area contributed by atoms with Gasteiger partial charge in [0.05, 0.1) is 11.1 Å². The van der Waals surface area contributed by atoms with Crippen LogP contribution >= 0.6 is 23.4 Å². The van der Waals surface area contributed by atoms with Gasteiger partial charge in [0, 0.05) is 18.1 Å². The molecule has 2 N–H and O–H groups in total. The molecule has 0 radical (unpaired) electrons. The first-order valence-electron chi connectivity index (χ1n) is 5.57. The monoisotopic (exact) mass is 273 g/mol. The number of nitrogens with one attached hydrogen (secondary N) is 1. The van der Waals surface area contributed by atoms with Gasteiger partial charge in [-0.1, -0.05) is 17.7 Å². The number of hydrogen-bond donors (Lipinski definition) is 2. The van der Waals surface area contributed by atoms with Crippen LogP contribution in [0, 0.1) is 0 Å². The Labute approximate surface area is 110 Å². The van der Waals surface area contributed by atoms with E-state index >= 15 is 0 Å². The van der Waals surface area contributed by atoms with Gasteiger partial charge in [-0.3, -0.25) is 0 Å². The van der Waals surface area contributed by atoms with E-state index in [0.717, 1.165) is 17.1 Å². The van der Waals surface area contributed by atoms with Crippen LogP contribution in [-0.4, -0.2) is 36.3 Å². The van der Waals surface area contributed by atoms with Crippen LogP contribution in [0.1, 0.15) is 11.7 Å². The molecule has 0 bridgehead atoms. The lowest BCUT2D eigenvalue weighted by molar-refractivity contribution is 0.177. The molecule has 2 rings (SSSR count). The molecule has 94 valence electrons. The summed E-state index contributed by atoms with van der Waals surface area (Å²) in [5, 5.41) is 13.3. The molecule has 0 saturated carbocycles. The van der Waals surface area contributed by atoms with Crippen LogP contribution in [0.3, 0.4) is 0 Å². The highest BCUT2D eigenvalue weighted by Crippen LogP contribution is 2.31. The predicted molar refractivity (Wildman–Crippen MR) is 72.1 cm³/mol. The first-order valence-corrected chi connectivity index (χ1v) is 7.10. The molecule has 0 amide bonds. The van der Waals surface area contributed by atoms with E-state index in [-0.39, 0.29) is 6.10 Å². The summed E-state index contributed by atoms with van der Waals surface area (Å²) >= 11 is 8.00. The van der Waals surface area contributed by atoms with Gasteiger partial charge in [-0.25, -0.2) is 0 Å². The average molecular weight is 274 g/mol. The number of aliphatic hydroxyl groups excluding tert-OH is 1. The first-order chi connectivity index (χ1) is 8.20. The van der Waals surface area contributed by atoms with Gasteiger partial charge in [-0.15, -0.1) is 0 Å². The van der Waals surface area contributed by atoms with Crippen molar-refractivity contribution in [3.63, 3.8) is 0 Å². The van der Waals surface area contributed by atoms with Crippen molar-refractivity contribution < 1.29 is 9.84 Å². The number of halogens is 1. The summed E-state index contributed by atoms with van der Waals surface area (Å²) in [6.45, 7) is 0.510. The summed E-state index contributed by atoms with van der Waals surface area (Å²) in [4.78, 5) is 0. The van der Waals surface area contributed by atoms with Gasteiger partial charge in [-0.05, 0) is 24.7 Å². The molecule has 0 aliphatic carbocycles. The normalized spacial score (nSPS) is 17.6. The Balaban J connectivity index is 2.04. The maximum Gasteiger partial charge on any atom is 0.138 e. The summed E-state index contributed by atoms with van der Waals surface area (Å²) in [7, 11) is 1.80. The van der Waals surface area contributed by atoms with Crippen molar-refractivity contribution in [1.82, 2.24) is 5.32 Å². The van der Waals surface area contributed by atoms with Crippen molar-refractivity contribution in [1.29, 1.82) is 0 Å². The molecule has 1 aromatic rings. The Kier molecular flexibility index (Phi) is 4.56. The third-order valence-electron chi connectivity index (χ3n) is 2.64. The van der Waals surface area contributed by atoms with Crippen LogP contribution in [0.25, 0.3) is 0 Å². The molecule has 1 heterocycles. The predicted octanol–water partition coefficient (Wildman–Crippen LogP) is 2.09. The SMILES string of the molecule is CNCC(O)c1ccc(OC2CSC2)c(Cl)c1. The quantitative estimate of drug-likeness (QED) is 0.862. The topological polar surface area (TPSA) is 41.5 Å². The maximum absolute atomic E-state index is 9.81. The Morgan fingerprint density at radius 3 is 2.88 bits per heavy atom. The fourth-order valence-electron chi connectivity index (χ4n) is 1.59. The number of aliphatic hydroxyl groups is 1. The number of hydrogen-bond acceptors (Lipinski definition) is 4. The van der Waals surface area contributed by atoms with E-state index in [1.165, 1.54) is 0 Å². The molecule has 0 spiro atoms. The molecule has 1 aliphatic heterocycles. The largest absolute Gasteiger partial charge is 0.487 e. The molecule has 1 unspecified atom stereocenters. The zero-order chi connectivity index (χ0) is 12.3. The molecule has 1 fully saturated rings. The zero-order valence-corrected chi connectivity index (χ0v) is 11.2. The lowest BCUT2D eigenvalue weighted by Gasteiger charge is -2.26. The first kappa shape index (κ1) is 13.0. The van der Waals surface area contributed by atoms with Crippen molar-refractivity contribution in [2.45, 2.75) is 12.2 Å². The highest BCUT2D eigenvalue weighted by Gasteiger charge is 2.21. The molecule has 1 aliphatic rings. The van der Waals surface area contributed by atoms with Crippen molar-refractivity contribution in [3.05, 3.63) is 28.8 Å². The summed E-state index contributed by atoms with van der Waals surface area (Å²) in [5.74, 6) is 2.76. The molecular weight excluding hydrogens is 258 g/mol. The molecule has 1 aromatic carbocycles. The van der Waals surface area contributed by atoms with Crippen molar-refractivity contribution in [2.75, 3.05) is 25.1 Å².